The second-order valence-electron chi connectivity index (χ2n) is 3.66. The Hall–Kier alpha value is -3.03. The third kappa shape index (κ3) is 1.95. The van der Waals surface area contributed by atoms with E-state index >= 15 is 0 Å². The first-order chi connectivity index (χ1) is 8.93. The fraction of sp³-hybridized carbons (Fsp3) is 0. The van der Waals surface area contributed by atoms with Gasteiger partial charge in [0.1, 0.15) is 0 Å². The van der Waals surface area contributed by atoms with Gasteiger partial charge in [0.15, 0.2) is 5.56 Å². The number of nitro groups is 2. The summed E-state index contributed by atoms with van der Waals surface area (Å²) in [5, 5.41) is 31.2. The number of aromatic carboxylic acids is 1. The Kier molecular flexibility index (Phi) is 2.83. The van der Waals surface area contributed by atoms with Crippen LogP contribution in [0.15, 0.2) is 30.3 Å². The molecular formula is C11H6N2O6. The van der Waals surface area contributed by atoms with Gasteiger partial charge in [-0.05, 0) is 5.39 Å². The molecule has 0 atom stereocenters. The molecule has 1 N–H and O–H groups in total. The van der Waals surface area contributed by atoms with Gasteiger partial charge in [-0.15, -0.1) is 0 Å². The number of nitro benzene ring substituents is 2. The van der Waals surface area contributed by atoms with Gasteiger partial charge in [0.05, 0.1) is 9.85 Å². The minimum atomic E-state index is -1.58. The molecule has 0 radical (unpaired) electrons. The van der Waals surface area contributed by atoms with Gasteiger partial charge in [0.2, 0.25) is 0 Å². The standard InChI is InChI=1S/C11H6N2O6/c14-11(15)9-7-4-2-1-3-6(7)5-8(12(16)17)10(9)13(18)19/h1-5H,(H,14,15). The van der Waals surface area contributed by atoms with Crippen molar-refractivity contribution in [3.8, 4) is 0 Å². The Bertz CT molecular complexity index is 724. The van der Waals surface area contributed by atoms with Crippen LogP contribution in [0.25, 0.3) is 10.8 Å². The van der Waals surface area contributed by atoms with Crippen LogP contribution in [0.4, 0.5) is 11.4 Å². The van der Waals surface area contributed by atoms with Gasteiger partial charge in [-0.1, -0.05) is 24.3 Å². The van der Waals surface area contributed by atoms with Crippen LogP contribution in [0.2, 0.25) is 0 Å². The Labute approximate surface area is 105 Å². The normalized spacial score (nSPS) is 10.3. The molecule has 2 aromatic carbocycles. The maximum absolute atomic E-state index is 11.2. The van der Waals surface area contributed by atoms with Gasteiger partial charge in [0.25, 0.3) is 0 Å². The van der Waals surface area contributed by atoms with E-state index in [-0.39, 0.29) is 10.8 Å². The van der Waals surface area contributed by atoms with Gasteiger partial charge in [0, 0.05) is 11.5 Å². The topological polar surface area (TPSA) is 124 Å². The summed E-state index contributed by atoms with van der Waals surface area (Å²) in [6.45, 7) is 0. The minimum absolute atomic E-state index is 0.0901. The molecule has 2 aromatic rings. The predicted molar refractivity (Wildman–Crippen MR) is 64.2 cm³/mol. The van der Waals surface area contributed by atoms with Gasteiger partial charge < -0.3 is 5.11 Å². The number of hydrogen-bond donors (Lipinski definition) is 1. The average molecular weight is 262 g/mol. The lowest BCUT2D eigenvalue weighted by molar-refractivity contribution is -0.422. The molecule has 0 spiro atoms. The Balaban J connectivity index is 3.04. The molecule has 0 heterocycles. The van der Waals surface area contributed by atoms with Crippen LogP contribution >= 0.6 is 0 Å². The van der Waals surface area contributed by atoms with Crippen molar-refractivity contribution in [2.45, 2.75) is 0 Å². The fourth-order valence-electron chi connectivity index (χ4n) is 1.86. The van der Waals surface area contributed by atoms with Crippen molar-refractivity contribution in [1.29, 1.82) is 0 Å². The summed E-state index contributed by atoms with van der Waals surface area (Å²) in [5.74, 6) is -1.58. The number of carboxylic acids is 1. The van der Waals surface area contributed by atoms with E-state index in [1.54, 1.807) is 6.07 Å². The first-order valence-corrected chi connectivity index (χ1v) is 5.01. The third-order valence-electron chi connectivity index (χ3n) is 2.59. The number of rotatable bonds is 3. The zero-order valence-corrected chi connectivity index (χ0v) is 9.27. The predicted octanol–water partition coefficient (Wildman–Crippen LogP) is 2.35. The van der Waals surface area contributed by atoms with Gasteiger partial charge in [-0.25, -0.2) is 4.79 Å². The molecule has 19 heavy (non-hydrogen) atoms. The Morgan fingerprint density at radius 1 is 1.11 bits per heavy atom. The van der Waals surface area contributed by atoms with Crippen LogP contribution < -0.4 is 0 Å². The van der Waals surface area contributed by atoms with Crippen LogP contribution in [-0.2, 0) is 0 Å². The maximum atomic E-state index is 11.2. The SMILES string of the molecule is O=C(O)c1c([N+](=O)[O-])c([N+](=O)[O-])cc2ccccc12. The van der Waals surface area contributed by atoms with Gasteiger partial charge in [-0.2, -0.15) is 0 Å². The number of carbonyl (C=O) groups is 1. The molecule has 0 aliphatic rings. The van der Waals surface area contributed by atoms with Crippen molar-refractivity contribution in [1.82, 2.24) is 0 Å². The van der Waals surface area contributed by atoms with Crippen LogP contribution in [0.5, 0.6) is 0 Å². The van der Waals surface area contributed by atoms with E-state index in [9.17, 15) is 25.0 Å². The number of carboxylic acid groups (broad SMARTS) is 1. The van der Waals surface area contributed by atoms with Crippen LogP contribution in [0, 0.1) is 20.2 Å². The molecule has 0 unspecified atom stereocenters. The molecule has 0 aromatic heterocycles. The summed E-state index contributed by atoms with van der Waals surface area (Å²) in [6, 6.07) is 6.89. The molecule has 0 bridgehead atoms. The highest BCUT2D eigenvalue weighted by atomic mass is 16.6. The summed E-state index contributed by atoms with van der Waals surface area (Å²) in [6.07, 6.45) is 0. The zero-order chi connectivity index (χ0) is 14.2. The molecular weight excluding hydrogens is 256 g/mol. The third-order valence-corrected chi connectivity index (χ3v) is 2.59. The maximum Gasteiger partial charge on any atom is 0.361 e. The highest BCUT2D eigenvalue weighted by Gasteiger charge is 2.34. The molecule has 8 heteroatoms. The summed E-state index contributed by atoms with van der Waals surface area (Å²) < 4.78 is 0. The molecule has 0 fully saturated rings. The van der Waals surface area contributed by atoms with Gasteiger partial charge in [-0.3, -0.25) is 20.2 Å². The van der Waals surface area contributed by atoms with Crippen LogP contribution in [0.1, 0.15) is 10.4 Å². The second kappa shape index (κ2) is 4.33. The van der Waals surface area contributed by atoms with E-state index in [0.717, 1.165) is 6.07 Å². The van der Waals surface area contributed by atoms with Crippen molar-refractivity contribution >= 4 is 28.1 Å². The molecule has 8 nitrogen and oxygen atoms in total. The monoisotopic (exact) mass is 262 g/mol. The van der Waals surface area contributed by atoms with Gasteiger partial charge >= 0.3 is 17.3 Å². The van der Waals surface area contributed by atoms with Crippen LogP contribution in [-0.4, -0.2) is 20.9 Å². The van der Waals surface area contributed by atoms with E-state index in [1.165, 1.54) is 18.2 Å². The lowest BCUT2D eigenvalue weighted by Gasteiger charge is -2.04. The quantitative estimate of drug-likeness (QED) is 0.668. The fourth-order valence-corrected chi connectivity index (χ4v) is 1.86. The summed E-state index contributed by atoms with van der Waals surface area (Å²) in [5.41, 5.74) is -2.51. The Morgan fingerprint density at radius 2 is 1.74 bits per heavy atom. The van der Waals surface area contributed by atoms with Crippen molar-refractivity contribution in [2.75, 3.05) is 0 Å². The summed E-state index contributed by atoms with van der Waals surface area (Å²) in [7, 11) is 0. The lowest BCUT2D eigenvalue weighted by Crippen LogP contribution is -2.07. The summed E-state index contributed by atoms with van der Waals surface area (Å²) >= 11 is 0. The van der Waals surface area contributed by atoms with Crippen molar-refractivity contribution in [3.63, 3.8) is 0 Å². The molecule has 0 aliphatic carbocycles. The van der Waals surface area contributed by atoms with Crippen molar-refractivity contribution in [2.24, 2.45) is 0 Å². The highest BCUT2D eigenvalue weighted by Crippen LogP contribution is 2.36. The van der Waals surface area contributed by atoms with E-state index < -0.39 is 32.8 Å². The largest absolute Gasteiger partial charge is 0.477 e. The second-order valence-corrected chi connectivity index (χ2v) is 3.66. The van der Waals surface area contributed by atoms with Crippen LogP contribution in [0.3, 0.4) is 0 Å². The van der Waals surface area contributed by atoms with E-state index in [1.807, 2.05) is 0 Å². The molecule has 2 rings (SSSR count). The highest BCUT2D eigenvalue weighted by molar-refractivity contribution is 6.09. The first kappa shape index (κ1) is 12.4. The smallest absolute Gasteiger partial charge is 0.361 e. The average Bonchev–Trinajstić information content (AvgIpc) is 2.35. The summed E-state index contributed by atoms with van der Waals surface area (Å²) in [4.78, 5) is 31.0. The first-order valence-electron chi connectivity index (χ1n) is 5.01. The molecule has 0 saturated carbocycles. The molecule has 0 aliphatic heterocycles. The molecule has 96 valence electrons. The number of hydrogen-bond acceptors (Lipinski definition) is 5. The zero-order valence-electron chi connectivity index (χ0n) is 9.27. The molecule has 0 amide bonds. The van der Waals surface area contributed by atoms with E-state index in [0.29, 0.717) is 0 Å². The molecule has 0 saturated heterocycles. The Morgan fingerprint density at radius 3 is 2.26 bits per heavy atom. The number of fused-ring (bicyclic) bond motifs is 1. The van der Waals surface area contributed by atoms with Crippen molar-refractivity contribution in [3.05, 3.63) is 56.1 Å². The lowest BCUT2D eigenvalue weighted by atomic mass is 10.0. The van der Waals surface area contributed by atoms with Crippen molar-refractivity contribution < 1.29 is 19.7 Å². The van der Waals surface area contributed by atoms with E-state index in [4.69, 9.17) is 5.11 Å². The van der Waals surface area contributed by atoms with E-state index in [2.05, 4.69) is 0 Å². The number of benzene rings is 2. The number of nitrogens with zero attached hydrogens (tertiary/aromatic N) is 2. The minimum Gasteiger partial charge on any atom is -0.477 e.